The largest absolute Gasteiger partial charge is 0.462 e. The molecule has 0 aliphatic heterocycles. The molecule has 1 aromatic heterocycles. The number of anilines is 1. The van der Waals surface area contributed by atoms with Crippen molar-refractivity contribution in [1.29, 1.82) is 0 Å². The second-order valence-electron chi connectivity index (χ2n) is 4.42. The normalized spacial score (nSPS) is 10.3. The monoisotopic (exact) mass is 338 g/mol. The first kappa shape index (κ1) is 16.3. The number of esters is 1. The van der Waals surface area contributed by atoms with Crippen LogP contribution >= 0.6 is 22.9 Å². The van der Waals surface area contributed by atoms with Crippen LogP contribution < -0.4 is 11.1 Å². The zero-order chi connectivity index (χ0) is 16.1. The van der Waals surface area contributed by atoms with Crippen molar-refractivity contribution >= 4 is 40.5 Å². The van der Waals surface area contributed by atoms with Crippen LogP contribution in [0.3, 0.4) is 0 Å². The highest BCUT2D eigenvalue weighted by Crippen LogP contribution is 2.21. The first-order valence-corrected chi connectivity index (χ1v) is 7.79. The number of ether oxygens (including phenoxy) is 1. The van der Waals surface area contributed by atoms with E-state index in [-0.39, 0.29) is 12.5 Å². The fourth-order valence-corrected chi connectivity index (χ4v) is 2.76. The molecule has 116 valence electrons. The molecule has 3 N–H and O–H groups in total. The third kappa shape index (κ3) is 3.99. The van der Waals surface area contributed by atoms with Crippen molar-refractivity contribution in [3.63, 3.8) is 0 Å². The molecule has 0 spiro atoms. The lowest BCUT2D eigenvalue weighted by atomic mass is 10.1. The van der Waals surface area contributed by atoms with Gasteiger partial charge in [0.15, 0.2) is 0 Å². The van der Waals surface area contributed by atoms with E-state index in [1.54, 1.807) is 37.3 Å². The van der Waals surface area contributed by atoms with E-state index in [4.69, 9.17) is 22.1 Å². The van der Waals surface area contributed by atoms with Crippen LogP contribution in [0.1, 0.15) is 32.5 Å². The first-order chi connectivity index (χ1) is 10.5. The van der Waals surface area contributed by atoms with Gasteiger partial charge in [-0.2, -0.15) is 0 Å². The minimum atomic E-state index is -0.417. The number of nitrogens with one attached hydrogen (secondary N) is 1. The van der Waals surface area contributed by atoms with Crippen molar-refractivity contribution in [3.05, 3.63) is 50.7 Å². The average molecular weight is 339 g/mol. The summed E-state index contributed by atoms with van der Waals surface area (Å²) >= 11 is 7.00. The standard InChI is InChI=1S/C15H15ClN2O3S/c1-2-21-15(20)9-3-4-11(17)10(7-9)8-18-14(19)12-5-6-13(16)22-12/h3-7H,2,8,17H2,1H3,(H,18,19). The third-order valence-corrected chi connectivity index (χ3v) is 4.12. The number of rotatable bonds is 5. The van der Waals surface area contributed by atoms with Crippen LogP contribution in [0.25, 0.3) is 0 Å². The van der Waals surface area contributed by atoms with E-state index >= 15 is 0 Å². The Kier molecular flexibility index (Phi) is 5.41. The summed E-state index contributed by atoms with van der Waals surface area (Å²) in [6, 6.07) is 8.15. The molecule has 7 heteroatoms. The van der Waals surface area contributed by atoms with Crippen molar-refractivity contribution in [1.82, 2.24) is 5.32 Å². The smallest absolute Gasteiger partial charge is 0.338 e. The molecule has 1 aromatic carbocycles. The summed E-state index contributed by atoms with van der Waals surface area (Å²) in [5.41, 5.74) is 7.42. The van der Waals surface area contributed by atoms with Crippen LogP contribution in [-0.2, 0) is 11.3 Å². The molecule has 2 aromatic rings. The zero-order valence-corrected chi connectivity index (χ0v) is 13.5. The Hall–Kier alpha value is -2.05. The number of hydrogen-bond acceptors (Lipinski definition) is 5. The van der Waals surface area contributed by atoms with E-state index in [9.17, 15) is 9.59 Å². The number of hydrogen-bond donors (Lipinski definition) is 2. The number of amides is 1. The molecular weight excluding hydrogens is 324 g/mol. The molecule has 2 rings (SSSR count). The maximum absolute atomic E-state index is 12.0. The topological polar surface area (TPSA) is 81.4 Å². The van der Waals surface area contributed by atoms with Gasteiger partial charge in [0.25, 0.3) is 5.91 Å². The van der Waals surface area contributed by atoms with Gasteiger partial charge in [-0.3, -0.25) is 4.79 Å². The molecule has 0 radical (unpaired) electrons. The Morgan fingerprint density at radius 2 is 2.09 bits per heavy atom. The highest BCUT2D eigenvalue weighted by atomic mass is 35.5. The fourth-order valence-electron chi connectivity index (χ4n) is 1.80. The number of benzene rings is 1. The van der Waals surface area contributed by atoms with Crippen molar-refractivity contribution in [2.75, 3.05) is 12.3 Å². The third-order valence-electron chi connectivity index (χ3n) is 2.89. The van der Waals surface area contributed by atoms with Gasteiger partial charge in [-0.15, -0.1) is 11.3 Å². The van der Waals surface area contributed by atoms with Crippen LogP contribution in [-0.4, -0.2) is 18.5 Å². The average Bonchev–Trinajstić information content (AvgIpc) is 2.93. The molecule has 22 heavy (non-hydrogen) atoms. The van der Waals surface area contributed by atoms with E-state index in [0.717, 1.165) is 0 Å². The summed E-state index contributed by atoms with van der Waals surface area (Å²) < 4.78 is 5.49. The zero-order valence-electron chi connectivity index (χ0n) is 11.9. The van der Waals surface area contributed by atoms with Crippen molar-refractivity contribution in [2.45, 2.75) is 13.5 Å². The van der Waals surface area contributed by atoms with Gasteiger partial charge >= 0.3 is 5.97 Å². The van der Waals surface area contributed by atoms with Crippen LogP contribution in [0.5, 0.6) is 0 Å². The predicted molar refractivity (Wildman–Crippen MR) is 87.3 cm³/mol. The molecule has 0 saturated heterocycles. The van der Waals surface area contributed by atoms with Gasteiger partial charge in [-0.1, -0.05) is 11.6 Å². The lowest BCUT2D eigenvalue weighted by Gasteiger charge is -2.09. The minimum Gasteiger partial charge on any atom is -0.462 e. The summed E-state index contributed by atoms with van der Waals surface area (Å²) in [5, 5.41) is 2.75. The molecule has 0 bridgehead atoms. The Labute approximate surface area is 137 Å². The summed E-state index contributed by atoms with van der Waals surface area (Å²) in [6.07, 6.45) is 0. The first-order valence-electron chi connectivity index (χ1n) is 6.60. The maximum Gasteiger partial charge on any atom is 0.338 e. The van der Waals surface area contributed by atoms with E-state index in [1.807, 2.05) is 0 Å². The molecule has 1 amide bonds. The number of carbonyl (C=O) groups is 2. The lowest BCUT2D eigenvalue weighted by molar-refractivity contribution is 0.0526. The van der Waals surface area contributed by atoms with E-state index < -0.39 is 5.97 Å². The summed E-state index contributed by atoms with van der Waals surface area (Å²) in [7, 11) is 0. The molecular formula is C15H15ClN2O3S. The molecule has 5 nitrogen and oxygen atoms in total. The second-order valence-corrected chi connectivity index (χ2v) is 6.14. The highest BCUT2D eigenvalue weighted by Gasteiger charge is 2.12. The maximum atomic E-state index is 12.0. The predicted octanol–water partition coefficient (Wildman–Crippen LogP) is 3.09. The number of thiophene rings is 1. The molecule has 0 fully saturated rings. The summed E-state index contributed by atoms with van der Waals surface area (Å²) in [6.45, 7) is 2.25. The van der Waals surface area contributed by atoms with Crippen LogP contribution in [0.2, 0.25) is 4.34 Å². The van der Waals surface area contributed by atoms with Crippen LogP contribution in [0.15, 0.2) is 30.3 Å². The quantitative estimate of drug-likeness (QED) is 0.648. The van der Waals surface area contributed by atoms with Gasteiger partial charge < -0.3 is 15.8 Å². The van der Waals surface area contributed by atoms with E-state index in [1.165, 1.54) is 11.3 Å². The van der Waals surface area contributed by atoms with Crippen molar-refractivity contribution in [2.24, 2.45) is 0 Å². The molecule has 0 aliphatic rings. The Bertz CT molecular complexity index is 700. The van der Waals surface area contributed by atoms with Gasteiger partial charge in [0.2, 0.25) is 0 Å². The van der Waals surface area contributed by atoms with Gasteiger partial charge in [0.05, 0.1) is 21.4 Å². The van der Waals surface area contributed by atoms with Crippen molar-refractivity contribution < 1.29 is 14.3 Å². The summed E-state index contributed by atoms with van der Waals surface area (Å²) in [4.78, 5) is 24.2. The molecule has 0 aliphatic carbocycles. The Balaban J connectivity index is 2.07. The Morgan fingerprint density at radius 3 is 2.73 bits per heavy atom. The molecule has 0 atom stereocenters. The number of carbonyl (C=O) groups excluding carboxylic acids is 2. The second kappa shape index (κ2) is 7.29. The van der Waals surface area contributed by atoms with E-state index in [0.29, 0.717) is 32.6 Å². The lowest BCUT2D eigenvalue weighted by Crippen LogP contribution is -2.22. The SMILES string of the molecule is CCOC(=O)c1ccc(N)c(CNC(=O)c2ccc(Cl)s2)c1. The number of nitrogen functional groups attached to an aromatic ring is 1. The van der Waals surface area contributed by atoms with Crippen molar-refractivity contribution in [3.8, 4) is 0 Å². The number of halogens is 1. The Morgan fingerprint density at radius 1 is 1.32 bits per heavy atom. The highest BCUT2D eigenvalue weighted by molar-refractivity contribution is 7.17. The minimum absolute atomic E-state index is 0.216. The molecule has 1 heterocycles. The van der Waals surface area contributed by atoms with Gasteiger partial charge in [-0.05, 0) is 42.8 Å². The number of nitrogens with two attached hydrogens (primary N) is 1. The fraction of sp³-hybridized carbons (Fsp3) is 0.200. The molecule has 0 saturated carbocycles. The molecule has 0 unspecified atom stereocenters. The van der Waals surface area contributed by atoms with Gasteiger partial charge in [-0.25, -0.2) is 4.79 Å². The van der Waals surface area contributed by atoms with Crippen LogP contribution in [0, 0.1) is 0 Å². The van der Waals surface area contributed by atoms with Gasteiger partial charge in [0.1, 0.15) is 0 Å². The van der Waals surface area contributed by atoms with Gasteiger partial charge in [0, 0.05) is 12.2 Å². The van der Waals surface area contributed by atoms with E-state index in [2.05, 4.69) is 5.32 Å². The van der Waals surface area contributed by atoms with Crippen LogP contribution in [0.4, 0.5) is 5.69 Å². The summed E-state index contributed by atoms with van der Waals surface area (Å²) in [5.74, 6) is -0.655.